The summed E-state index contributed by atoms with van der Waals surface area (Å²) in [6.45, 7) is 6.35. The Bertz CT molecular complexity index is 678. The van der Waals surface area contributed by atoms with E-state index in [1.807, 2.05) is 24.3 Å². The number of hydrogen-bond donors (Lipinski definition) is 2. The van der Waals surface area contributed by atoms with Gasteiger partial charge in [-0.15, -0.1) is 0 Å². The number of aromatic carboxylic acids is 1. The monoisotopic (exact) mass is 304 g/mol. The topological polar surface area (TPSA) is 62.2 Å². The van der Waals surface area contributed by atoms with Crippen LogP contribution in [0, 0.1) is 0 Å². The van der Waals surface area contributed by atoms with Crippen molar-refractivity contribution in [3.8, 4) is 0 Å². The van der Waals surface area contributed by atoms with Crippen LogP contribution in [-0.2, 0) is 5.41 Å². The van der Waals surface area contributed by atoms with Crippen molar-refractivity contribution in [2.45, 2.75) is 26.2 Å². The van der Waals surface area contributed by atoms with E-state index in [1.54, 1.807) is 0 Å². The number of aromatic nitrogens is 1. The first kappa shape index (κ1) is 15.3. The fourth-order valence-electron chi connectivity index (χ4n) is 2.06. The van der Waals surface area contributed by atoms with Gasteiger partial charge in [-0.25, -0.2) is 9.78 Å². The van der Waals surface area contributed by atoms with Crippen LogP contribution in [0.4, 0.5) is 11.5 Å². The molecular weight excluding hydrogens is 288 g/mol. The van der Waals surface area contributed by atoms with Gasteiger partial charge in [0.1, 0.15) is 5.82 Å². The molecule has 0 atom stereocenters. The summed E-state index contributed by atoms with van der Waals surface area (Å²) in [6, 6.07) is 9.31. The molecule has 0 radical (unpaired) electrons. The second kappa shape index (κ2) is 5.74. The highest BCUT2D eigenvalue weighted by Gasteiger charge is 2.18. The van der Waals surface area contributed by atoms with E-state index < -0.39 is 5.97 Å². The number of nitrogens with zero attached hydrogens (tertiary/aromatic N) is 1. The largest absolute Gasteiger partial charge is 0.478 e. The first-order valence-electron chi connectivity index (χ1n) is 6.54. The maximum absolute atomic E-state index is 11.1. The molecule has 4 nitrogen and oxygen atoms in total. The van der Waals surface area contributed by atoms with Crippen molar-refractivity contribution in [1.29, 1.82) is 0 Å². The lowest BCUT2D eigenvalue weighted by Crippen LogP contribution is -2.14. The highest BCUT2D eigenvalue weighted by molar-refractivity contribution is 6.33. The van der Waals surface area contributed by atoms with E-state index in [9.17, 15) is 4.79 Å². The lowest BCUT2D eigenvalue weighted by molar-refractivity contribution is 0.0697. The molecule has 0 bridgehead atoms. The third-order valence-corrected chi connectivity index (χ3v) is 3.38. The highest BCUT2D eigenvalue weighted by atomic mass is 35.5. The number of para-hydroxylation sites is 1. The zero-order valence-corrected chi connectivity index (χ0v) is 12.9. The first-order chi connectivity index (χ1) is 9.79. The van der Waals surface area contributed by atoms with E-state index in [2.05, 4.69) is 31.1 Å². The number of pyridine rings is 1. The van der Waals surface area contributed by atoms with Crippen LogP contribution in [0.2, 0.25) is 5.02 Å². The molecule has 0 aliphatic heterocycles. The van der Waals surface area contributed by atoms with E-state index >= 15 is 0 Å². The molecule has 0 unspecified atom stereocenters. The smallest absolute Gasteiger partial charge is 0.337 e. The van der Waals surface area contributed by atoms with Crippen molar-refractivity contribution < 1.29 is 9.90 Å². The molecular formula is C16H17ClN2O2. The number of rotatable bonds is 3. The number of nitrogens with one attached hydrogen (secondary N) is 1. The summed E-state index contributed by atoms with van der Waals surface area (Å²) in [5.74, 6) is -0.622. The Labute approximate surface area is 128 Å². The van der Waals surface area contributed by atoms with Crippen LogP contribution in [0.5, 0.6) is 0 Å². The van der Waals surface area contributed by atoms with Crippen molar-refractivity contribution in [3.63, 3.8) is 0 Å². The molecule has 2 N–H and O–H groups in total. The summed E-state index contributed by atoms with van der Waals surface area (Å²) >= 11 is 5.83. The van der Waals surface area contributed by atoms with E-state index in [-0.39, 0.29) is 16.0 Å². The normalized spacial score (nSPS) is 11.2. The van der Waals surface area contributed by atoms with Gasteiger partial charge in [-0.1, -0.05) is 50.6 Å². The predicted octanol–water partition coefficient (Wildman–Crippen LogP) is 4.47. The number of benzene rings is 1. The van der Waals surface area contributed by atoms with Gasteiger partial charge in [-0.3, -0.25) is 0 Å². The van der Waals surface area contributed by atoms with E-state index in [0.717, 1.165) is 11.3 Å². The Hall–Kier alpha value is -2.07. The Morgan fingerprint density at radius 3 is 2.57 bits per heavy atom. The molecule has 21 heavy (non-hydrogen) atoms. The van der Waals surface area contributed by atoms with Gasteiger partial charge in [0.05, 0.1) is 10.6 Å². The second-order valence-electron chi connectivity index (χ2n) is 5.78. The SMILES string of the molecule is CC(C)(C)c1ccccc1Nc1cc(C(=O)O)c(Cl)cn1. The van der Waals surface area contributed by atoms with Crippen molar-refractivity contribution in [1.82, 2.24) is 4.98 Å². The summed E-state index contributed by atoms with van der Waals surface area (Å²) in [5, 5.41) is 12.4. The third-order valence-electron chi connectivity index (χ3n) is 3.08. The van der Waals surface area contributed by atoms with Gasteiger partial charge in [0, 0.05) is 11.9 Å². The highest BCUT2D eigenvalue weighted by Crippen LogP contribution is 2.31. The van der Waals surface area contributed by atoms with E-state index in [1.165, 1.54) is 12.3 Å². The van der Waals surface area contributed by atoms with Crippen LogP contribution in [0.3, 0.4) is 0 Å². The van der Waals surface area contributed by atoms with Crippen molar-refractivity contribution in [2.75, 3.05) is 5.32 Å². The molecule has 1 aromatic carbocycles. The molecule has 0 aliphatic carbocycles. The van der Waals surface area contributed by atoms with Crippen LogP contribution >= 0.6 is 11.6 Å². The van der Waals surface area contributed by atoms with Crippen LogP contribution in [0.25, 0.3) is 0 Å². The van der Waals surface area contributed by atoms with Crippen molar-refractivity contribution in [3.05, 3.63) is 52.7 Å². The molecule has 0 aliphatic rings. The number of carboxylic acids is 1. The van der Waals surface area contributed by atoms with Gasteiger partial charge in [-0.05, 0) is 23.1 Å². The zero-order valence-electron chi connectivity index (χ0n) is 12.1. The lowest BCUT2D eigenvalue weighted by Gasteiger charge is -2.23. The zero-order chi connectivity index (χ0) is 15.6. The van der Waals surface area contributed by atoms with Crippen LogP contribution in [-0.4, -0.2) is 16.1 Å². The van der Waals surface area contributed by atoms with Crippen molar-refractivity contribution >= 4 is 29.1 Å². The van der Waals surface area contributed by atoms with Gasteiger partial charge < -0.3 is 10.4 Å². The number of halogens is 1. The fourth-order valence-corrected chi connectivity index (χ4v) is 2.24. The first-order valence-corrected chi connectivity index (χ1v) is 6.92. The van der Waals surface area contributed by atoms with Gasteiger partial charge >= 0.3 is 5.97 Å². The molecule has 0 fully saturated rings. The lowest BCUT2D eigenvalue weighted by atomic mass is 9.86. The van der Waals surface area contributed by atoms with Gasteiger partial charge in [-0.2, -0.15) is 0 Å². The molecule has 0 amide bonds. The second-order valence-corrected chi connectivity index (χ2v) is 6.18. The maximum Gasteiger partial charge on any atom is 0.337 e. The average Bonchev–Trinajstić information content (AvgIpc) is 2.40. The Kier molecular flexibility index (Phi) is 4.19. The Balaban J connectivity index is 2.40. The number of carboxylic acid groups (broad SMARTS) is 1. The summed E-state index contributed by atoms with van der Waals surface area (Å²) < 4.78 is 0. The maximum atomic E-state index is 11.1. The summed E-state index contributed by atoms with van der Waals surface area (Å²) in [5.41, 5.74) is 2.02. The van der Waals surface area contributed by atoms with Gasteiger partial charge in [0.25, 0.3) is 0 Å². The molecule has 0 saturated heterocycles. The predicted molar refractivity (Wildman–Crippen MR) is 84.6 cm³/mol. The van der Waals surface area contributed by atoms with E-state index in [0.29, 0.717) is 5.82 Å². The van der Waals surface area contributed by atoms with Gasteiger partial charge in [0.2, 0.25) is 0 Å². The molecule has 0 spiro atoms. The average molecular weight is 305 g/mol. The van der Waals surface area contributed by atoms with Gasteiger partial charge in [0.15, 0.2) is 0 Å². The Morgan fingerprint density at radius 2 is 1.95 bits per heavy atom. The molecule has 5 heteroatoms. The number of anilines is 2. The molecule has 110 valence electrons. The van der Waals surface area contributed by atoms with Crippen molar-refractivity contribution in [2.24, 2.45) is 0 Å². The van der Waals surface area contributed by atoms with Crippen LogP contribution in [0.15, 0.2) is 36.5 Å². The Morgan fingerprint density at radius 1 is 1.29 bits per heavy atom. The summed E-state index contributed by atoms with van der Waals surface area (Å²) in [7, 11) is 0. The quantitative estimate of drug-likeness (QED) is 0.878. The fraction of sp³-hybridized carbons (Fsp3) is 0.250. The molecule has 2 aromatic rings. The minimum absolute atomic E-state index is 0.0300. The minimum atomic E-state index is -1.07. The molecule has 1 heterocycles. The van der Waals surface area contributed by atoms with Crippen LogP contribution in [0.1, 0.15) is 36.7 Å². The summed E-state index contributed by atoms with van der Waals surface area (Å²) in [6.07, 6.45) is 1.34. The molecule has 2 rings (SSSR count). The van der Waals surface area contributed by atoms with E-state index in [4.69, 9.17) is 16.7 Å². The van der Waals surface area contributed by atoms with Crippen LogP contribution < -0.4 is 5.32 Å². The number of hydrogen-bond acceptors (Lipinski definition) is 3. The minimum Gasteiger partial charge on any atom is -0.478 e. The summed E-state index contributed by atoms with van der Waals surface area (Å²) in [4.78, 5) is 15.2. The molecule has 1 aromatic heterocycles. The molecule has 0 saturated carbocycles. The third kappa shape index (κ3) is 3.52. The standard InChI is InChI=1S/C16H17ClN2O2/c1-16(2,3)11-6-4-5-7-13(11)19-14-8-10(15(20)21)12(17)9-18-14/h4-9H,1-3H3,(H,18,19)(H,20,21). The number of carbonyl (C=O) groups is 1.